The molecule has 0 saturated carbocycles. The van der Waals surface area contributed by atoms with Crippen molar-refractivity contribution in [1.29, 1.82) is 0 Å². The second kappa shape index (κ2) is 8.16. The number of hydrogen-bond donors (Lipinski definition) is 2. The third-order valence-corrected chi connectivity index (χ3v) is 4.63. The normalized spacial score (nSPS) is 12.1. The maximum Gasteiger partial charge on any atom is 0.315 e. The Labute approximate surface area is 155 Å². The Morgan fingerprint density at radius 2 is 1.96 bits per heavy atom. The van der Waals surface area contributed by atoms with Gasteiger partial charge in [0.2, 0.25) is 0 Å². The van der Waals surface area contributed by atoms with Crippen LogP contribution in [-0.2, 0) is 6.54 Å². The first-order chi connectivity index (χ1) is 12.1. The standard InChI is InChI=1S/C19H21BrN4O/c1-14(15-7-9-16(20)10-8-15)23-19(25)21-11-4-12-24-13-22-17-5-2-3-6-18(17)24/h2-3,5-10,13-14H,4,11-12H2,1H3,(H2,21,23,25). The van der Waals surface area contributed by atoms with Crippen molar-refractivity contribution in [3.63, 3.8) is 0 Å². The van der Waals surface area contributed by atoms with Crippen molar-refractivity contribution in [1.82, 2.24) is 20.2 Å². The number of imidazole rings is 1. The van der Waals surface area contributed by atoms with Crippen LogP contribution in [0.3, 0.4) is 0 Å². The van der Waals surface area contributed by atoms with Crippen molar-refractivity contribution in [2.24, 2.45) is 0 Å². The average molecular weight is 401 g/mol. The summed E-state index contributed by atoms with van der Waals surface area (Å²) in [5, 5.41) is 5.87. The number of hydrogen-bond acceptors (Lipinski definition) is 2. The van der Waals surface area contributed by atoms with E-state index in [0.717, 1.165) is 34.0 Å². The molecule has 5 nitrogen and oxygen atoms in total. The molecule has 0 fully saturated rings. The van der Waals surface area contributed by atoms with Crippen molar-refractivity contribution < 1.29 is 4.79 Å². The topological polar surface area (TPSA) is 59.0 Å². The maximum absolute atomic E-state index is 12.0. The Kier molecular flexibility index (Phi) is 5.71. The molecule has 130 valence electrons. The Hall–Kier alpha value is -2.34. The number of carbonyl (C=O) groups is 1. The van der Waals surface area contributed by atoms with Crippen LogP contribution in [0.15, 0.2) is 59.3 Å². The number of aryl methyl sites for hydroxylation is 1. The Morgan fingerprint density at radius 1 is 1.20 bits per heavy atom. The van der Waals surface area contributed by atoms with Crippen LogP contribution in [0.2, 0.25) is 0 Å². The summed E-state index contributed by atoms with van der Waals surface area (Å²) in [6, 6.07) is 15.8. The number of rotatable bonds is 6. The second-order valence-corrected chi connectivity index (χ2v) is 6.87. The van der Waals surface area contributed by atoms with Gasteiger partial charge in [-0.3, -0.25) is 0 Å². The third kappa shape index (κ3) is 4.60. The average Bonchev–Trinajstić information content (AvgIpc) is 3.02. The Balaban J connectivity index is 1.42. The van der Waals surface area contributed by atoms with Gasteiger partial charge in [0.05, 0.1) is 23.4 Å². The minimum Gasteiger partial charge on any atom is -0.338 e. The highest BCUT2D eigenvalue weighted by Crippen LogP contribution is 2.16. The van der Waals surface area contributed by atoms with Crippen molar-refractivity contribution in [2.75, 3.05) is 6.54 Å². The van der Waals surface area contributed by atoms with Crippen molar-refractivity contribution in [3.8, 4) is 0 Å². The number of amides is 2. The SMILES string of the molecule is CC(NC(=O)NCCCn1cnc2ccccc21)c1ccc(Br)cc1. The lowest BCUT2D eigenvalue weighted by Crippen LogP contribution is -2.37. The molecule has 1 aromatic heterocycles. The maximum atomic E-state index is 12.0. The molecular formula is C19H21BrN4O. The van der Waals surface area contributed by atoms with Gasteiger partial charge in [0.15, 0.2) is 0 Å². The lowest BCUT2D eigenvalue weighted by atomic mass is 10.1. The molecule has 2 aromatic carbocycles. The molecule has 0 spiro atoms. The number of halogens is 1. The zero-order chi connectivity index (χ0) is 17.6. The highest BCUT2D eigenvalue weighted by molar-refractivity contribution is 9.10. The van der Waals surface area contributed by atoms with Gasteiger partial charge in [0.25, 0.3) is 0 Å². The molecule has 0 saturated heterocycles. The van der Waals surface area contributed by atoms with E-state index in [1.807, 2.05) is 55.7 Å². The third-order valence-electron chi connectivity index (χ3n) is 4.11. The van der Waals surface area contributed by atoms with E-state index in [0.29, 0.717) is 6.54 Å². The number of carbonyl (C=O) groups excluding carboxylic acids is 1. The highest BCUT2D eigenvalue weighted by Gasteiger charge is 2.09. The van der Waals surface area contributed by atoms with E-state index in [1.54, 1.807) is 0 Å². The van der Waals surface area contributed by atoms with Crippen LogP contribution in [0.4, 0.5) is 4.79 Å². The van der Waals surface area contributed by atoms with Crippen molar-refractivity contribution >= 4 is 33.0 Å². The fourth-order valence-electron chi connectivity index (χ4n) is 2.72. The fourth-order valence-corrected chi connectivity index (χ4v) is 2.99. The molecule has 0 radical (unpaired) electrons. The molecular weight excluding hydrogens is 380 g/mol. The van der Waals surface area contributed by atoms with Gasteiger partial charge in [-0.25, -0.2) is 9.78 Å². The van der Waals surface area contributed by atoms with Crippen LogP contribution in [-0.4, -0.2) is 22.1 Å². The molecule has 6 heteroatoms. The number of nitrogens with one attached hydrogen (secondary N) is 2. The van der Waals surface area contributed by atoms with Gasteiger partial charge in [-0.1, -0.05) is 40.2 Å². The molecule has 1 heterocycles. The zero-order valence-electron chi connectivity index (χ0n) is 14.1. The second-order valence-electron chi connectivity index (χ2n) is 5.95. The van der Waals surface area contributed by atoms with Gasteiger partial charge in [-0.15, -0.1) is 0 Å². The monoisotopic (exact) mass is 400 g/mol. The van der Waals surface area contributed by atoms with Gasteiger partial charge in [-0.2, -0.15) is 0 Å². The molecule has 0 aliphatic rings. The van der Waals surface area contributed by atoms with E-state index < -0.39 is 0 Å². The van der Waals surface area contributed by atoms with E-state index in [9.17, 15) is 4.79 Å². The molecule has 25 heavy (non-hydrogen) atoms. The number of para-hydroxylation sites is 2. The predicted molar refractivity (Wildman–Crippen MR) is 103 cm³/mol. The summed E-state index contributed by atoms with van der Waals surface area (Å²) in [5.41, 5.74) is 3.19. The summed E-state index contributed by atoms with van der Waals surface area (Å²) >= 11 is 3.41. The smallest absolute Gasteiger partial charge is 0.315 e. The van der Waals surface area contributed by atoms with Gasteiger partial charge >= 0.3 is 6.03 Å². The Morgan fingerprint density at radius 3 is 2.76 bits per heavy atom. The van der Waals surface area contributed by atoms with E-state index in [1.165, 1.54) is 0 Å². The van der Waals surface area contributed by atoms with E-state index in [-0.39, 0.29) is 12.1 Å². The molecule has 2 amide bonds. The van der Waals surface area contributed by atoms with E-state index >= 15 is 0 Å². The van der Waals surface area contributed by atoms with Gasteiger partial charge in [0, 0.05) is 17.6 Å². The molecule has 3 rings (SSSR count). The highest BCUT2D eigenvalue weighted by atomic mass is 79.9. The van der Waals surface area contributed by atoms with Crippen LogP contribution >= 0.6 is 15.9 Å². The quantitative estimate of drug-likeness (QED) is 0.607. The minimum atomic E-state index is -0.147. The van der Waals surface area contributed by atoms with E-state index in [2.05, 4.69) is 42.2 Å². The molecule has 3 aromatic rings. The molecule has 2 N–H and O–H groups in total. The first-order valence-corrected chi connectivity index (χ1v) is 9.12. The van der Waals surface area contributed by atoms with Crippen molar-refractivity contribution in [2.45, 2.75) is 25.9 Å². The van der Waals surface area contributed by atoms with Crippen LogP contribution in [0.1, 0.15) is 24.9 Å². The van der Waals surface area contributed by atoms with Crippen molar-refractivity contribution in [3.05, 3.63) is 64.9 Å². The Bertz CT molecular complexity index is 844. The number of fused-ring (bicyclic) bond motifs is 1. The number of urea groups is 1. The van der Waals surface area contributed by atoms with Crippen LogP contribution < -0.4 is 10.6 Å². The number of benzene rings is 2. The van der Waals surface area contributed by atoms with Gasteiger partial charge in [0.1, 0.15) is 0 Å². The predicted octanol–water partition coefficient (Wildman–Crippen LogP) is 4.25. The summed E-state index contributed by atoms with van der Waals surface area (Å²) in [4.78, 5) is 16.4. The molecule has 1 atom stereocenters. The van der Waals surface area contributed by atoms with E-state index in [4.69, 9.17) is 0 Å². The van der Waals surface area contributed by atoms with Crippen LogP contribution in [0.5, 0.6) is 0 Å². The molecule has 0 aliphatic carbocycles. The lowest BCUT2D eigenvalue weighted by Gasteiger charge is -2.15. The lowest BCUT2D eigenvalue weighted by molar-refractivity contribution is 0.237. The number of aromatic nitrogens is 2. The number of nitrogens with zero attached hydrogens (tertiary/aromatic N) is 2. The zero-order valence-corrected chi connectivity index (χ0v) is 15.7. The van der Waals surface area contributed by atoms with Gasteiger partial charge < -0.3 is 15.2 Å². The first-order valence-electron chi connectivity index (χ1n) is 8.33. The largest absolute Gasteiger partial charge is 0.338 e. The van der Waals surface area contributed by atoms with Gasteiger partial charge in [-0.05, 0) is 43.2 Å². The minimum absolute atomic E-state index is 0.0364. The van der Waals surface area contributed by atoms with Crippen LogP contribution in [0.25, 0.3) is 11.0 Å². The van der Waals surface area contributed by atoms with Crippen LogP contribution in [0, 0.1) is 0 Å². The summed E-state index contributed by atoms with van der Waals surface area (Å²) in [6.45, 7) is 3.41. The summed E-state index contributed by atoms with van der Waals surface area (Å²) < 4.78 is 3.14. The summed E-state index contributed by atoms with van der Waals surface area (Å²) in [7, 11) is 0. The molecule has 0 aliphatic heterocycles. The summed E-state index contributed by atoms with van der Waals surface area (Å²) in [6.07, 6.45) is 2.70. The fraction of sp³-hybridized carbons (Fsp3) is 0.263. The molecule has 0 bridgehead atoms. The molecule has 1 unspecified atom stereocenters. The summed E-state index contributed by atoms with van der Waals surface area (Å²) in [5.74, 6) is 0. The first kappa shape index (κ1) is 17.5.